The summed E-state index contributed by atoms with van der Waals surface area (Å²) in [6.07, 6.45) is 0. The second kappa shape index (κ2) is 6.39. The summed E-state index contributed by atoms with van der Waals surface area (Å²) in [6, 6.07) is 18.6. The molecule has 0 atom stereocenters. The highest BCUT2D eigenvalue weighted by atomic mass is 16.2. The summed E-state index contributed by atoms with van der Waals surface area (Å²) in [6.45, 7) is 0.226. The van der Waals surface area contributed by atoms with Crippen molar-refractivity contribution in [3.63, 3.8) is 0 Å². The normalized spacial score (nSPS) is 9.60. The van der Waals surface area contributed by atoms with Crippen molar-refractivity contribution in [2.24, 2.45) is 0 Å². The lowest BCUT2D eigenvalue weighted by Crippen LogP contribution is -2.30. The van der Waals surface area contributed by atoms with Crippen molar-refractivity contribution in [3.8, 4) is 6.07 Å². The van der Waals surface area contributed by atoms with E-state index >= 15 is 0 Å². The van der Waals surface area contributed by atoms with Crippen LogP contribution in [0.5, 0.6) is 0 Å². The van der Waals surface area contributed by atoms with E-state index in [1.165, 1.54) is 0 Å². The summed E-state index contributed by atoms with van der Waals surface area (Å²) < 4.78 is 0. The summed E-state index contributed by atoms with van der Waals surface area (Å²) in [5.41, 5.74) is 2.20. The molecule has 1 N–H and O–H groups in total. The number of nitriles is 1. The second-order valence-electron chi connectivity index (χ2n) is 4.43. The van der Waals surface area contributed by atoms with Gasteiger partial charge in [0.2, 0.25) is 5.91 Å². The topological polar surface area (TPSA) is 56.1 Å². The number of carbonyl (C=O) groups is 1. The van der Waals surface area contributed by atoms with E-state index in [4.69, 9.17) is 5.26 Å². The summed E-state index contributed by atoms with van der Waals surface area (Å²) >= 11 is 0. The lowest BCUT2D eigenvalue weighted by atomic mass is 10.2. The molecule has 2 aromatic rings. The smallest absolute Gasteiger partial charge is 0.243 e. The molecule has 0 saturated heterocycles. The molecule has 2 aromatic carbocycles. The van der Waals surface area contributed by atoms with Crippen molar-refractivity contribution in [3.05, 3.63) is 60.2 Å². The van der Waals surface area contributed by atoms with E-state index in [2.05, 4.69) is 11.4 Å². The predicted molar refractivity (Wildman–Crippen MR) is 79.5 cm³/mol. The van der Waals surface area contributed by atoms with Crippen LogP contribution in [0.1, 0.15) is 5.56 Å². The van der Waals surface area contributed by atoms with E-state index < -0.39 is 0 Å². The molecular formula is C16H15N3O. The Kier molecular flexibility index (Phi) is 4.35. The van der Waals surface area contributed by atoms with E-state index in [9.17, 15) is 4.79 Å². The van der Waals surface area contributed by atoms with Crippen LogP contribution >= 0.6 is 0 Å². The maximum Gasteiger partial charge on any atom is 0.243 e. The zero-order chi connectivity index (χ0) is 14.4. The quantitative estimate of drug-likeness (QED) is 0.924. The fourth-order valence-electron chi connectivity index (χ4n) is 1.84. The van der Waals surface area contributed by atoms with Gasteiger partial charge in [-0.15, -0.1) is 0 Å². The van der Waals surface area contributed by atoms with Gasteiger partial charge in [0.05, 0.1) is 18.2 Å². The van der Waals surface area contributed by atoms with Gasteiger partial charge in [-0.2, -0.15) is 5.26 Å². The van der Waals surface area contributed by atoms with Crippen molar-refractivity contribution >= 4 is 17.3 Å². The number of para-hydroxylation sites is 1. The SMILES string of the molecule is CN(CC(=O)Nc1ccccc1)c1cccc(C#N)c1. The van der Waals surface area contributed by atoms with Gasteiger partial charge in [0.25, 0.3) is 0 Å². The molecule has 0 aliphatic heterocycles. The fourth-order valence-corrected chi connectivity index (χ4v) is 1.84. The number of hydrogen-bond acceptors (Lipinski definition) is 3. The van der Waals surface area contributed by atoms with Crippen molar-refractivity contribution < 1.29 is 4.79 Å². The molecule has 1 amide bonds. The number of likely N-dealkylation sites (N-methyl/N-ethyl adjacent to an activating group) is 1. The largest absolute Gasteiger partial charge is 0.365 e. The third-order valence-corrected chi connectivity index (χ3v) is 2.85. The molecule has 0 heterocycles. The van der Waals surface area contributed by atoms with Crippen LogP contribution in [0.4, 0.5) is 11.4 Å². The molecule has 0 unspecified atom stereocenters. The van der Waals surface area contributed by atoms with Gasteiger partial charge in [0.15, 0.2) is 0 Å². The van der Waals surface area contributed by atoms with Gasteiger partial charge in [-0.05, 0) is 30.3 Å². The van der Waals surface area contributed by atoms with Crippen LogP contribution in [0.25, 0.3) is 0 Å². The molecule has 0 aliphatic carbocycles. The lowest BCUT2D eigenvalue weighted by molar-refractivity contribution is -0.114. The molecule has 100 valence electrons. The summed E-state index contributed by atoms with van der Waals surface area (Å²) in [5, 5.41) is 11.7. The molecule has 2 rings (SSSR count). The highest BCUT2D eigenvalue weighted by molar-refractivity contribution is 5.94. The average molecular weight is 265 g/mol. The van der Waals surface area contributed by atoms with E-state index in [0.717, 1.165) is 11.4 Å². The van der Waals surface area contributed by atoms with E-state index in [0.29, 0.717) is 5.56 Å². The van der Waals surface area contributed by atoms with Gasteiger partial charge in [0.1, 0.15) is 0 Å². The monoisotopic (exact) mass is 265 g/mol. The summed E-state index contributed by atoms with van der Waals surface area (Å²) in [4.78, 5) is 13.7. The molecule has 4 heteroatoms. The minimum Gasteiger partial charge on any atom is -0.365 e. The van der Waals surface area contributed by atoms with Gasteiger partial charge in [-0.3, -0.25) is 4.79 Å². The first-order valence-electron chi connectivity index (χ1n) is 6.25. The number of benzene rings is 2. The molecule has 20 heavy (non-hydrogen) atoms. The Morgan fingerprint density at radius 1 is 1.20 bits per heavy atom. The Bertz CT molecular complexity index is 632. The maximum atomic E-state index is 11.9. The number of hydrogen-bond donors (Lipinski definition) is 1. The van der Waals surface area contributed by atoms with E-state index in [1.807, 2.05) is 43.4 Å². The first-order chi connectivity index (χ1) is 9.69. The van der Waals surface area contributed by atoms with Crippen molar-refractivity contribution in [1.29, 1.82) is 5.26 Å². The van der Waals surface area contributed by atoms with Gasteiger partial charge >= 0.3 is 0 Å². The third kappa shape index (κ3) is 3.59. The molecular weight excluding hydrogens is 250 g/mol. The van der Waals surface area contributed by atoms with E-state index in [-0.39, 0.29) is 12.5 Å². The van der Waals surface area contributed by atoms with Gasteiger partial charge in [-0.1, -0.05) is 24.3 Å². The van der Waals surface area contributed by atoms with Gasteiger partial charge in [-0.25, -0.2) is 0 Å². The number of nitrogens with zero attached hydrogens (tertiary/aromatic N) is 2. The second-order valence-corrected chi connectivity index (χ2v) is 4.43. The molecule has 0 bridgehead atoms. The predicted octanol–water partition coefficient (Wildman–Crippen LogP) is 2.63. The van der Waals surface area contributed by atoms with Crippen LogP contribution in [0.3, 0.4) is 0 Å². The molecule has 0 saturated carbocycles. The summed E-state index contributed by atoms with van der Waals surface area (Å²) in [5.74, 6) is -0.0962. The average Bonchev–Trinajstić information content (AvgIpc) is 2.48. The third-order valence-electron chi connectivity index (χ3n) is 2.85. The first-order valence-corrected chi connectivity index (χ1v) is 6.25. The minimum atomic E-state index is -0.0962. The maximum absolute atomic E-state index is 11.9. The van der Waals surface area contributed by atoms with Gasteiger partial charge < -0.3 is 10.2 Å². The molecule has 0 aromatic heterocycles. The Hall–Kier alpha value is -2.80. The van der Waals surface area contributed by atoms with Crippen LogP contribution in [0.2, 0.25) is 0 Å². The van der Waals surface area contributed by atoms with Crippen LogP contribution in [-0.2, 0) is 4.79 Å². The highest BCUT2D eigenvalue weighted by Crippen LogP contribution is 2.14. The minimum absolute atomic E-state index is 0.0962. The molecule has 0 fully saturated rings. The van der Waals surface area contributed by atoms with Crippen molar-refractivity contribution in [2.45, 2.75) is 0 Å². The summed E-state index contributed by atoms with van der Waals surface area (Å²) in [7, 11) is 1.82. The zero-order valence-electron chi connectivity index (χ0n) is 11.2. The van der Waals surface area contributed by atoms with Crippen LogP contribution in [-0.4, -0.2) is 19.5 Å². The number of rotatable bonds is 4. The fraction of sp³-hybridized carbons (Fsp3) is 0.125. The standard InChI is InChI=1S/C16H15N3O/c1-19(15-9-5-6-13(10-15)11-17)12-16(20)18-14-7-3-2-4-8-14/h2-10H,12H2,1H3,(H,18,20). The molecule has 0 radical (unpaired) electrons. The lowest BCUT2D eigenvalue weighted by Gasteiger charge is -2.18. The van der Waals surface area contributed by atoms with Crippen molar-refractivity contribution in [2.75, 3.05) is 23.8 Å². The molecule has 0 aliphatic rings. The van der Waals surface area contributed by atoms with Crippen molar-refractivity contribution in [1.82, 2.24) is 0 Å². The first kappa shape index (κ1) is 13.6. The Labute approximate surface area is 118 Å². The number of amides is 1. The molecule has 0 spiro atoms. The van der Waals surface area contributed by atoms with Crippen LogP contribution in [0, 0.1) is 11.3 Å². The molecule has 4 nitrogen and oxygen atoms in total. The highest BCUT2D eigenvalue weighted by Gasteiger charge is 2.08. The number of nitrogens with one attached hydrogen (secondary N) is 1. The van der Waals surface area contributed by atoms with Crippen LogP contribution in [0.15, 0.2) is 54.6 Å². The van der Waals surface area contributed by atoms with E-state index in [1.54, 1.807) is 23.1 Å². The number of anilines is 2. The zero-order valence-corrected chi connectivity index (χ0v) is 11.2. The Morgan fingerprint density at radius 3 is 2.65 bits per heavy atom. The number of carbonyl (C=O) groups excluding carboxylic acids is 1. The van der Waals surface area contributed by atoms with Gasteiger partial charge in [0, 0.05) is 18.4 Å². The Balaban J connectivity index is 1.99. The van der Waals surface area contributed by atoms with Crippen LogP contribution < -0.4 is 10.2 Å². The Morgan fingerprint density at radius 2 is 1.95 bits per heavy atom.